The average Bonchev–Trinajstić information content (AvgIpc) is 3.56. The van der Waals surface area contributed by atoms with Crippen molar-refractivity contribution in [3.8, 4) is 11.6 Å². The lowest BCUT2D eigenvalue weighted by Gasteiger charge is -2.56. The van der Waals surface area contributed by atoms with E-state index < -0.39 is 5.54 Å². The van der Waals surface area contributed by atoms with Crippen LogP contribution in [0.2, 0.25) is 0 Å². The Morgan fingerprint density at radius 3 is 2.57 bits per heavy atom. The number of furan rings is 1. The molecule has 0 bridgehead atoms. The van der Waals surface area contributed by atoms with Crippen LogP contribution >= 0.6 is 0 Å². The zero-order valence-electron chi connectivity index (χ0n) is 19.0. The van der Waals surface area contributed by atoms with Crippen molar-refractivity contribution in [1.82, 2.24) is 34.3 Å². The van der Waals surface area contributed by atoms with Crippen LogP contribution in [0.1, 0.15) is 12.5 Å². The number of fused-ring (bicyclic) bond motifs is 3. The summed E-state index contributed by atoms with van der Waals surface area (Å²) in [7, 11) is 0. The molecule has 4 aromatic heterocycles. The Morgan fingerprint density at radius 2 is 1.89 bits per heavy atom. The molecule has 5 aromatic rings. The number of nitrogens with two attached hydrogens (primary N) is 1. The molecule has 1 unspecified atom stereocenters. The average molecular weight is 470 g/mol. The van der Waals surface area contributed by atoms with Crippen LogP contribution in [-0.2, 0) is 15.1 Å². The molecule has 0 radical (unpaired) electrons. The fraction of sp³-hybridized carbons (Fsp3) is 0.292. The maximum absolute atomic E-state index is 14.0. The number of carbonyl (C=O) groups excluding carboxylic acids is 1. The Kier molecular flexibility index (Phi) is 3.97. The smallest absolute Gasteiger partial charge is 0.255 e. The Morgan fingerprint density at radius 1 is 1.09 bits per heavy atom. The van der Waals surface area contributed by atoms with Gasteiger partial charge in [0.1, 0.15) is 0 Å². The van der Waals surface area contributed by atoms with Crippen molar-refractivity contribution in [3.63, 3.8) is 0 Å². The third kappa shape index (κ3) is 2.72. The minimum Gasteiger partial charge on any atom is -0.461 e. The summed E-state index contributed by atoms with van der Waals surface area (Å²) in [6.45, 7) is 4.61. The van der Waals surface area contributed by atoms with Gasteiger partial charge in [-0.3, -0.25) is 4.79 Å². The maximum atomic E-state index is 14.0. The van der Waals surface area contributed by atoms with Gasteiger partial charge in [-0.2, -0.15) is 14.6 Å². The fourth-order valence-electron chi connectivity index (χ4n) is 5.13. The first-order chi connectivity index (χ1) is 17.0. The first kappa shape index (κ1) is 20.2. The van der Waals surface area contributed by atoms with Gasteiger partial charge >= 0.3 is 0 Å². The molecule has 0 saturated carbocycles. The number of rotatable bonds is 4. The molecule has 2 aliphatic rings. The Hall–Kier alpha value is -4.25. The summed E-state index contributed by atoms with van der Waals surface area (Å²) in [5.41, 5.74) is 7.00. The molecule has 11 nitrogen and oxygen atoms in total. The molecule has 11 heteroatoms. The zero-order chi connectivity index (χ0) is 23.8. The molecular weight excluding hydrogens is 448 g/mol. The van der Waals surface area contributed by atoms with Crippen LogP contribution in [0, 0.1) is 5.41 Å². The van der Waals surface area contributed by atoms with Gasteiger partial charge in [-0.1, -0.05) is 30.3 Å². The van der Waals surface area contributed by atoms with Gasteiger partial charge in [-0.25, -0.2) is 9.67 Å². The minimum atomic E-state index is -1.14. The first-order valence-electron chi connectivity index (χ1n) is 11.4. The number of amides is 1. The van der Waals surface area contributed by atoms with E-state index in [-0.39, 0.29) is 17.3 Å². The monoisotopic (exact) mass is 470 g/mol. The van der Waals surface area contributed by atoms with Crippen LogP contribution in [0.15, 0.2) is 59.3 Å². The van der Waals surface area contributed by atoms with E-state index in [1.165, 1.54) is 4.52 Å². The Bertz CT molecular complexity index is 1580. The molecule has 1 atom stereocenters. The van der Waals surface area contributed by atoms with Crippen LogP contribution in [0.4, 0.5) is 5.95 Å². The number of nitrogen functional groups attached to an aromatic ring is 1. The minimum absolute atomic E-state index is 0.0517. The third-order valence-electron chi connectivity index (χ3n) is 7.10. The number of aromatic nitrogens is 6. The van der Waals surface area contributed by atoms with E-state index in [9.17, 15) is 4.79 Å². The topological polar surface area (TPSA) is 130 Å². The maximum Gasteiger partial charge on any atom is 0.255 e. The van der Waals surface area contributed by atoms with Crippen LogP contribution < -0.4 is 5.73 Å². The van der Waals surface area contributed by atoms with Gasteiger partial charge in [0.15, 0.2) is 22.6 Å². The Labute approximate surface area is 199 Å². The van der Waals surface area contributed by atoms with Gasteiger partial charge in [0.2, 0.25) is 11.8 Å². The number of benzene rings is 1. The summed E-state index contributed by atoms with van der Waals surface area (Å²) >= 11 is 0. The highest BCUT2D eigenvalue weighted by atomic mass is 16.5. The van der Waals surface area contributed by atoms with Gasteiger partial charge < -0.3 is 19.8 Å². The molecule has 6 heterocycles. The van der Waals surface area contributed by atoms with E-state index >= 15 is 0 Å². The number of hydrogen-bond acceptors (Lipinski definition) is 8. The van der Waals surface area contributed by atoms with Gasteiger partial charge in [-0.05, 0) is 24.6 Å². The summed E-state index contributed by atoms with van der Waals surface area (Å²) in [4.78, 5) is 25.2. The molecule has 1 aromatic carbocycles. The Balaban J connectivity index is 1.40. The van der Waals surface area contributed by atoms with Gasteiger partial charge in [0, 0.05) is 13.1 Å². The lowest BCUT2D eigenvalue weighted by molar-refractivity contribution is -0.199. The molecule has 2 N–H and O–H groups in total. The molecule has 2 fully saturated rings. The highest BCUT2D eigenvalue weighted by Crippen LogP contribution is 2.41. The van der Waals surface area contributed by atoms with Crippen LogP contribution in [-0.4, -0.2) is 66.5 Å². The van der Waals surface area contributed by atoms with E-state index in [0.717, 1.165) is 5.56 Å². The quantitative estimate of drug-likeness (QED) is 0.422. The largest absolute Gasteiger partial charge is 0.461 e. The summed E-state index contributed by atoms with van der Waals surface area (Å²) in [6, 6.07) is 13.2. The molecule has 2 saturated heterocycles. The third-order valence-corrected chi connectivity index (χ3v) is 7.10. The van der Waals surface area contributed by atoms with Crippen molar-refractivity contribution < 1.29 is 13.9 Å². The van der Waals surface area contributed by atoms with Crippen molar-refractivity contribution in [2.45, 2.75) is 12.5 Å². The highest BCUT2D eigenvalue weighted by Gasteiger charge is 2.54. The number of nitrogens with zero attached hydrogens (tertiary/aromatic N) is 7. The predicted molar refractivity (Wildman–Crippen MR) is 125 cm³/mol. The summed E-state index contributed by atoms with van der Waals surface area (Å²) in [5.74, 6) is 0.991. The van der Waals surface area contributed by atoms with Crippen molar-refractivity contribution in [3.05, 3.63) is 60.5 Å². The lowest BCUT2D eigenvalue weighted by atomic mass is 9.76. The number of hydrogen-bond donors (Lipinski definition) is 1. The molecule has 2 aliphatic heterocycles. The number of carbonyl (C=O) groups is 1. The summed E-state index contributed by atoms with van der Waals surface area (Å²) < 4.78 is 14.0. The zero-order valence-corrected chi connectivity index (χ0v) is 19.0. The first-order valence-corrected chi connectivity index (χ1v) is 11.4. The number of anilines is 1. The second kappa shape index (κ2) is 6.89. The molecular formula is C24H22N8O3. The molecule has 176 valence electrons. The van der Waals surface area contributed by atoms with Crippen molar-refractivity contribution in [1.29, 1.82) is 0 Å². The second-order valence-corrected chi connectivity index (χ2v) is 9.50. The van der Waals surface area contributed by atoms with Crippen LogP contribution in [0.25, 0.3) is 28.3 Å². The highest BCUT2D eigenvalue weighted by molar-refractivity contribution is 5.94. The molecule has 35 heavy (non-hydrogen) atoms. The molecule has 7 rings (SSSR count). The van der Waals surface area contributed by atoms with Crippen molar-refractivity contribution >= 4 is 28.5 Å². The molecule has 1 spiro atoms. The second-order valence-electron chi connectivity index (χ2n) is 9.50. The number of likely N-dealkylation sites (tertiary alicyclic amines) is 1. The summed E-state index contributed by atoms with van der Waals surface area (Å²) in [5, 5.41) is 9.74. The predicted octanol–water partition coefficient (Wildman–Crippen LogP) is 1.94. The SMILES string of the molecule is CC(C(=O)N1CC2(COC2)C1)(c1ccccc1)n1ncc2c1nc(N)n1nc(-c3ccco3)nc21. The van der Waals surface area contributed by atoms with E-state index in [2.05, 4.69) is 20.2 Å². The van der Waals surface area contributed by atoms with Gasteiger partial charge in [0.05, 0.1) is 36.5 Å². The van der Waals surface area contributed by atoms with E-state index in [4.69, 9.17) is 14.9 Å². The van der Waals surface area contributed by atoms with Gasteiger partial charge in [0.25, 0.3) is 5.91 Å². The van der Waals surface area contributed by atoms with Crippen LogP contribution in [0.3, 0.4) is 0 Å². The number of ether oxygens (including phenoxy) is 1. The normalized spacial score (nSPS) is 18.5. The van der Waals surface area contributed by atoms with Crippen molar-refractivity contribution in [2.24, 2.45) is 5.41 Å². The lowest BCUT2D eigenvalue weighted by Crippen LogP contribution is -2.69. The van der Waals surface area contributed by atoms with Gasteiger partial charge in [-0.15, -0.1) is 5.10 Å². The van der Waals surface area contributed by atoms with E-state index in [1.807, 2.05) is 42.2 Å². The van der Waals surface area contributed by atoms with E-state index in [0.29, 0.717) is 54.6 Å². The van der Waals surface area contributed by atoms with Crippen molar-refractivity contribution in [2.75, 3.05) is 32.0 Å². The standard InChI is InChI=1S/C24H22N8O3/c1-23(15-6-3-2-4-7-15,21(33)30-11-24(12-30)13-34-14-24)32-20-16(10-26-32)19-27-18(17-8-5-9-35-17)29-31(19)22(25)28-20/h2-10H,11-14H2,1H3,(H2,25,28). The summed E-state index contributed by atoms with van der Waals surface area (Å²) in [6.07, 6.45) is 3.21. The van der Waals surface area contributed by atoms with Crippen LogP contribution in [0.5, 0.6) is 0 Å². The molecule has 1 amide bonds. The fourth-order valence-corrected chi connectivity index (χ4v) is 5.13. The molecule has 0 aliphatic carbocycles. The van der Waals surface area contributed by atoms with E-state index in [1.54, 1.807) is 29.3 Å².